The molecule has 0 radical (unpaired) electrons. The molecule has 4 aromatic rings. The van der Waals surface area contributed by atoms with Crippen LogP contribution in [-0.2, 0) is 4.79 Å². The fourth-order valence-electron chi connectivity index (χ4n) is 4.26. The fraction of sp³-hybridized carbons (Fsp3) is 0.320. The second-order valence-electron chi connectivity index (χ2n) is 8.63. The van der Waals surface area contributed by atoms with Crippen molar-refractivity contribution in [2.75, 3.05) is 23.3 Å². The van der Waals surface area contributed by atoms with Crippen molar-refractivity contribution in [3.05, 3.63) is 65.4 Å². The lowest BCUT2D eigenvalue weighted by Gasteiger charge is -2.31. The summed E-state index contributed by atoms with van der Waals surface area (Å²) in [5, 5.41) is 8.78. The van der Waals surface area contributed by atoms with Crippen LogP contribution in [0.25, 0.3) is 16.0 Å². The van der Waals surface area contributed by atoms with E-state index in [1.807, 2.05) is 42.8 Å². The molecule has 1 N–H and O–H groups in total. The number of carbonyl (C=O) groups excluding carboxylic acids is 1. The molecule has 1 fully saturated rings. The maximum absolute atomic E-state index is 12.9. The maximum atomic E-state index is 12.9. The van der Waals surface area contributed by atoms with E-state index in [-0.39, 0.29) is 11.8 Å². The topological polar surface area (TPSA) is 63.1 Å². The van der Waals surface area contributed by atoms with E-state index in [0.29, 0.717) is 6.54 Å². The van der Waals surface area contributed by atoms with Crippen LogP contribution in [0.5, 0.6) is 0 Å². The summed E-state index contributed by atoms with van der Waals surface area (Å²) in [5.74, 6) is 0.0365. The van der Waals surface area contributed by atoms with Crippen LogP contribution in [0.2, 0.25) is 0 Å². The fourth-order valence-corrected chi connectivity index (χ4v) is 5.28. The van der Waals surface area contributed by atoms with E-state index in [2.05, 4.69) is 41.4 Å². The van der Waals surface area contributed by atoms with Crippen molar-refractivity contribution >= 4 is 38.4 Å². The predicted molar refractivity (Wildman–Crippen MR) is 131 cm³/mol. The lowest BCUT2D eigenvalue weighted by atomic mass is 9.97. The van der Waals surface area contributed by atoms with Gasteiger partial charge in [-0.05, 0) is 63.4 Å². The summed E-state index contributed by atoms with van der Waals surface area (Å²) in [5.41, 5.74) is 6.10. The zero-order valence-electron chi connectivity index (χ0n) is 18.6. The van der Waals surface area contributed by atoms with Crippen molar-refractivity contribution < 1.29 is 4.79 Å². The molecule has 7 heteroatoms. The quantitative estimate of drug-likeness (QED) is 0.465. The van der Waals surface area contributed by atoms with Gasteiger partial charge in [-0.3, -0.25) is 4.79 Å². The summed E-state index contributed by atoms with van der Waals surface area (Å²) in [6.45, 7) is 7.75. The van der Waals surface area contributed by atoms with Crippen LogP contribution in [-0.4, -0.2) is 33.8 Å². The van der Waals surface area contributed by atoms with Crippen molar-refractivity contribution in [3.63, 3.8) is 0 Å². The highest BCUT2D eigenvalue weighted by molar-refractivity contribution is 7.22. The predicted octanol–water partition coefficient (Wildman–Crippen LogP) is 5.26. The summed E-state index contributed by atoms with van der Waals surface area (Å²) in [7, 11) is 0. The number of piperidine rings is 1. The van der Waals surface area contributed by atoms with E-state index in [0.717, 1.165) is 57.5 Å². The monoisotopic (exact) mass is 445 g/mol. The Bertz CT molecular complexity index is 1270. The van der Waals surface area contributed by atoms with Gasteiger partial charge in [0.1, 0.15) is 0 Å². The van der Waals surface area contributed by atoms with Gasteiger partial charge in [-0.1, -0.05) is 41.2 Å². The molecule has 0 unspecified atom stereocenters. The first-order valence-electron chi connectivity index (χ1n) is 11.0. The Morgan fingerprint density at radius 3 is 2.69 bits per heavy atom. The minimum atomic E-state index is -0.0500. The first-order chi connectivity index (χ1) is 15.5. The van der Waals surface area contributed by atoms with Crippen LogP contribution in [0.1, 0.15) is 29.7 Å². The molecule has 5 rings (SSSR count). The number of rotatable bonds is 4. The van der Waals surface area contributed by atoms with Gasteiger partial charge in [0.15, 0.2) is 10.8 Å². The van der Waals surface area contributed by atoms with Crippen molar-refractivity contribution in [1.82, 2.24) is 14.8 Å². The smallest absolute Gasteiger partial charge is 0.229 e. The number of nitrogens with one attached hydrogen (secondary N) is 1. The summed E-state index contributed by atoms with van der Waals surface area (Å²) in [6, 6.07) is 16.3. The average Bonchev–Trinajstić information content (AvgIpc) is 3.35. The number of anilines is 2. The summed E-state index contributed by atoms with van der Waals surface area (Å²) in [4.78, 5) is 20.1. The number of nitrogens with zero attached hydrogens (tertiary/aromatic N) is 4. The number of fused-ring (bicyclic) bond motifs is 1. The first kappa shape index (κ1) is 20.7. The van der Waals surface area contributed by atoms with E-state index in [1.54, 1.807) is 11.3 Å². The van der Waals surface area contributed by atoms with Crippen LogP contribution in [0.4, 0.5) is 10.8 Å². The molecule has 6 nitrogen and oxygen atoms in total. The number of aromatic nitrogens is 3. The van der Waals surface area contributed by atoms with Gasteiger partial charge >= 0.3 is 0 Å². The third-order valence-electron chi connectivity index (χ3n) is 6.00. The lowest BCUT2D eigenvalue weighted by molar-refractivity contribution is -0.120. The molecule has 0 saturated carbocycles. The molecule has 2 aromatic carbocycles. The van der Waals surface area contributed by atoms with Crippen molar-refractivity contribution in [3.8, 4) is 5.69 Å². The maximum Gasteiger partial charge on any atom is 0.229 e. The highest BCUT2D eigenvalue weighted by Crippen LogP contribution is 2.34. The Labute approximate surface area is 191 Å². The van der Waals surface area contributed by atoms with Crippen LogP contribution in [0.15, 0.2) is 48.5 Å². The number of amides is 1. The highest BCUT2D eigenvalue weighted by Gasteiger charge is 2.28. The molecule has 0 spiro atoms. The Morgan fingerprint density at radius 1 is 1.09 bits per heavy atom. The molecule has 1 amide bonds. The number of aryl methyl sites for hydroxylation is 3. The lowest BCUT2D eigenvalue weighted by Crippen LogP contribution is -2.40. The second kappa shape index (κ2) is 8.39. The molecule has 0 bridgehead atoms. The molecule has 2 aromatic heterocycles. The van der Waals surface area contributed by atoms with Gasteiger partial charge in [-0.15, -0.1) is 0 Å². The summed E-state index contributed by atoms with van der Waals surface area (Å²) >= 11 is 1.67. The Kier molecular flexibility index (Phi) is 5.43. The number of benzene rings is 2. The standard InChI is InChI=1S/C25H27N5OS/c1-16-9-11-21(12-10-16)30-23-22(18(3)28-30)32-25(27-23)29-13-5-7-19(15-29)24(31)26-20-8-4-6-17(2)14-20/h4,6,8-12,14,19H,5,7,13,15H2,1-3H3,(H,26,31)/t19-/m0/s1. The number of hydrogen-bond donors (Lipinski definition) is 1. The minimum absolute atomic E-state index is 0.0500. The van der Waals surface area contributed by atoms with E-state index < -0.39 is 0 Å². The summed E-state index contributed by atoms with van der Waals surface area (Å²) < 4.78 is 3.03. The normalized spacial score (nSPS) is 16.5. The van der Waals surface area contributed by atoms with E-state index in [1.165, 1.54) is 5.56 Å². The van der Waals surface area contributed by atoms with Crippen LogP contribution >= 0.6 is 11.3 Å². The van der Waals surface area contributed by atoms with Gasteiger partial charge in [0.25, 0.3) is 0 Å². The summed E-state index contributed by atoms with van der Waals surface area (Å²) in [6.07, 6.45) is 1.88. The van der Waals surface area contributed by atoms with Gasteiger partial charge in [-0.25, -0.2) is 4.68 Å². The van der Waals surface area contributed by atoms with Gasteiger partial charge in [0.05, 0.1) is 22.0 Å². The molecule has 164 valence electrons. The van der Waals surface area contributed by atoms with Crippen LogP contribution in [0, 0.1) is 26.7 Å². The highest BCUT2D eigenvalue weighted by atomic mass is 32.1. The zero-order chi connectivity index (χ0) is 22.2. The molecule has 0 aliphatic carbocycles. The molecule has 1 aliphatic rings. The average molecular weight is 446 g/mol. The molecular formula is C25H27N5OS. The Balaban J connectivity index is 1.37. The molecule has 1 saturated heterocycles. The van der Waals surface area contributed by atoms with Gasteiger partial charge < -0.3 is 10.2 Å². The molecule has 3 heterocycles. The van der Waals surface area contributed by atoms with Crippen molar-refractivity contribution in [1.29, 1.82) is 0 Å². The van der Waals surface area contributed by atoms with E-state index in [4.69, 9.17) is 10.1 Å². The largest absolute Gasteiger partial charge is 0.347 e. The number of thiazole rings is 1. The molecule has 32 heavy (non-hydrogen) atoms. The molecule has 1 aliphatic heterocycles. The molecular weight excluding hydrogens is 418 g/mol. The van der Waals surface area contributed by atoms with Crippen LogP contribution < -0.4 is 10.2 Å². The SMILES string of the molecule is Cc1ccc(-n2nc(C)c3sc(N4CCC[C@H](C(=O)Nc5cccc(C)c5)C4)nc32)cc1. The van der Waals surface area contributed by atoms with Gasteiger partial charge in [-0.2, -0.15) is 10.1 Å². The van der Waals surface area contributed by atoms with Gasteiger partial charge in [0.2, 0.25) is 5.91 Å². The molecule has 1 atom stereocenters. The number of carbonyl (C=O) groups is 1. The van der Waals surface area contributed by atoms with Gasteiger partial charge in [0, 0.05) is 18.8 Å². The number of hydrogen-bond acceptors (Lipinski definition) is 5. The van der Waals surface area contributed by atoms with E-state index in [9.17, 15) is 4.79 Å². The Hall–Kier alpha value is -3.19. The zero-order valence-corrected chi connectivity index (χ0v) is 19.4. The van der Waals surface area contributed by atoms with E-state index >= 15 is 0 Å². The van der Waals surface area contributed by atoms with Crippen molar-refractivity contribution in [2.45, 2.75) is 33.6 Å². The van der Waals surface area contributed by atoms with Crippen molar-refractivity contribution in [2.24, 2.45) is 5.92 Å². The minimum Gasteiger partial charge on any atom is -0.347 e. The third-order valence-corrected chi connectivity index (χ3v) is 7.22. The third kappa shape index (κ3) is 4.00. The first-order valence-corrected chi connectivity index (χ1v) is 11.9. The van der Waals surface area contributed by atoms with Crippen LogP contribution in [0.3, 0.4) is 0 Å². The Morgan fingerprint density at radius 2 is 1.91 bits per heavy atom. The second-order valence-corrected chi connectivity index (χ2v) is 9.60.